The monoisotopic (exact) mass is 674 g/mol. The topological polar surface area (TPSA) is 108 Å². The van der Waals surface area contributed by atoms with Crippen LogP contribution in [0.25, 0.3) is 0 Å². The summed E-state index contributed by atoms with van der Waals surface area (Å²) in [6.45, 7) is 11.2. The number of hydrogen-bond acceptors (Lipinski definition) is 6. The zero-order chi connectivity index (χ0) is 29.2. The first-order valence-corrected chi connectivity index (χ1v) is 17.9. The van der Waals surface area contributed by atoms with Crippen LogP contribution in [0, 0.1) is 3.57 Å². The minimum atomic E-state index is -2.32. The Bertz CT molecular complexity index is 981. The summed E-state index contributed by atoms with van der Waals surface area (Å²) in [5, 5.41) is 14.3. The van der Waals surface area contributed by atoms with E-state index in [1.165, 1.54) is 0 Å². The summed E-state index contributed by atoms with van der Waals surface area (Å²) in [6, 6.07) is 6.88. The number of halogens is 1. The van der Waals surface area contributed by atoms with Gasteiger partial charge in [0.2, 0.25) is 11.8 Å². The number of rotatable bonds is 15. The molecule has 39 heavy (non-hydrogen) atoms. The molecule has 3 N–H and O–H groups in total. The van der Waals surface area contributed by atoms with E-state index in [0.29, 0.717) is 37.4 Å². The lowest BCUT2D eigenvalue weighted by Gasteiger charge is -2.40. The molecule has 1 aliphatic carbocycles. The van der Waals surface area contributed by atoms with Gasteiger partial charge in [0.15, 0.2) is 8.32 Å². The fourth-order valence-electron chi connectivity index (χ4n) is 4.47. The van der Waals surface area contributed by atoms with E-state index in [9.17, 15) is 19.5 Å². The molecule has 2 rings (SSSR count). The minimum absolute atomic E-state index is 0.0642. The highest BCUT2D eigenvalue weighted by atomic mass is 127. The van der Waals surface area contributed by atoms with E-state index in [1.807, 2.05) is 44.3 Å². The number of carbonyl (C=O) groups excluding carboxylic acids is 2. The van der Waals surface area contributed by atoms with Gasteiger partial charge < -0.3 is 29.6 Å². The molecule has 0 saturated carbocycles. The lowest BCUT2D eigenvalue weighted by Crippen LogP contribution is -2.55. The lowest BCUT2D eigenvalue weighted by atomic mass is 9.88. The summed E-state index contributed by atoms with van der Waals surface area (Å²) in [4.78, 5) is 38.8. The Kier molecular flexibility index (Phi) is 13.4. The van der Waals surface area contributed by atoms with Gasteiger partial charge in [0.25, 0.3) is 0 Å². The molecule has 0 fully saturated rings. The normalized spacial score (nSPS) is 19.8. The van der Waals surface area contributed by atoms with Crippen LogP contribution in [-0.2, 0) is 14.3 Å². The number of unbranched alkanes of at least 4 members (excludes halogenated alkanes) is 1. The van der Waals surface area contributed by atoms with Crippen LogP contribution in [0.5, 0.6) is 5.75 Å². The van der Waals surface area contributed by atoms with Crippen molar-refractivity contribution in [2.45, 2.75) is 95.7 Å². The maximum absolute atomic E-state index is 13.3. The van der Waals surface area contributed by atoms with Gasteiger partial charge in [-0.15, -0.1) is 0 Å². The van der Waals surface area contributed by atoms with Crippen LogP contribution in [-0.4, -0.2) is 80.0 Å². The Balaban J connectivity index is 2.27. The molecule has 2 amide bonds. The number of methoxy groups -OCH3 is 1. The van der Waals surface area contributed by atoms with Crippen molar-refractivity contribution in [3.63, 3.8) is 0 Å². The van der Waals surface area contributed by atoms with Crippen LogP contribution >= 0.6 is 22.6 Å². The average Bonchev–Trinajstić information content (AvgIpc) is 2.87. The van der Waals surface area contributed by atoms with Crippen molar-refractivity contribution in [3.05, 3.63) is 39.5 Å². The summed E-state index contributed by atoms with van der Waals surface area (Å²) < 4.78 is 12.4. The quantitative estimate of drug-likeness (QED) is 0.142. The molecule has 0 spiro atoms. The van der Waals surface area contributed by atoms with Gasteiger partial charge in [-0.25, -0.2) is 0 Å². The van der Waals surface area contributed by atoms with Gasteiger partial charge in [-0.05, 0) is 78.2 Å². The molecule has 0 radical (unpaired) electrons. The number of aliphatic hydroxyl groups is 1. The Labute approximate surface area is 248 Å². The zero-order valence-corrected chi connectivity index (χ0v) is 27.5. The highest BCUT2D eigenvalue weighted by Crippen LogP contribution is 2.39. The maximum Gasteiger partial charge on any atom is 0.247 e. The number of ether oxygens (including phenoxy) is 2. The molecule has 3 atom stereocenters. The van der Waals surface area contributed by atoms with E-state index in [-0.39, 0.29) is 23.3 Å². The zero-order valence-electron chi connectivity index (χ0n) is 24.3. The number of carbonyl (C=O) groups is 2. The summed E-state index contributed by atoms with van der Waals surface area (Å²) in [7, 11) is -0.744. The predicted molar refractivity (Wildman–Crippen MR) is 165 cm³/mol. The molecule has 1 aliphatic rings. The first kappa shape index (κ1) is 33.7. The standard InChI is InChI=1S/C29H47IN2O6Si/c1-7-8-14-26(33)32(17-18-37-4)23-19-21(28(35)31-16-11-15-29(2,3)39(5,6)36)20-25(27(23)34)38-24-13-10-9-12-22(24)30/h9-10,12-13,20,23,25,27,34,36H,7-8,11,14-19H2,1-6H3,(H,31,35)/t23-,25+,27+/m1/s1. The third kappa shape index (κ3) is 9.84. The van der Waals surface area contributed by atoms with Crippen molar-refractivity contribution in [1.82, 2.24) is 10.2 Å². The molecule has 0 aromatic heterocycles. The molecule has 1 aromatic carbocycles. The number of para-hydroxylation sites is 1. The molecule has 220 valence electrons. The van der Waals surface area contributed by atoms with Crippen LogP contribution in [0.4, 0.5) is 0 Å². The minimum Gasteiger partial charge on any atom is -0.482 e. The SMILES string of the molecule is CCCCC(=O)N(CCOC)[C@@H]1CC(C(=O)NCCCC(C)(C)[Si](C)(C)O)=C[C@H](Oc2ccccc2I)[C@H]1O. The van der Waals surface area contributed by atoms with E-state index >= 15 is 0 Å². The van der Waals surface area contributed by atoms with Crippen LogP contribution in [0.15, 0.2) is 35.9 Å². The molecule has 10 heteroatoms. The van der Waals surface area contributed by atoms with E-state index in [2.05, 4.69) is 41.8 Å². The summed E-state index contributed by atoms with van der Waals surface area (Å²) in [6.07, 6.45) is 3.65. The van der Waals surface area contributed by atoms with E-state index in [0.717, 1.165) is 29.3 Å². The molecular weight excluding hydrogens is 627 g/mol. The van der Waals surface area contributed by atoms with Crippen LogP contribution in [0.1, 0.15) is 59.3 Å². The first-order valence-electron chi connectivity index (χ1n) is 13.9. The Morgan fingerprint density at radius 3 is 2.54 bits per heavy atom. The number of aliphatic hydroxyl groups excluding tert-OH is 1. The molecule has 0 bridgehead atoms. The molecule has 0 saturated heterocycles. The Morgan fingerprint density at radius 1 is 1.23 bits per heavy atom. The molecular formula is C29H47IN2O6Si. The average molecular weight is 675 g/mol. The molecule has 0 heterocycles. The van der Waals surface area contributed by atoms with E-state index < -0.39 is 26.6 Å². The maximum atomic E-state index is 13.3. The van der Waals surface area contributed by atoms with Gasteiger partial charge in [0, 0.05) is 38.6 Å². The third-order valence-corrected chi connectivity index (χ3v) is 12.3. The second-order valence-corrected chi connectivity index (χ2v) is 17.1. The van der Waals surface area contributed by atoms with Gasteiger partial charge in [-0.2, -0.15) is 0 Å². The predicted octanol–water partition coefficient (Wildman–Crippen LogP) is 4.64. The van der Waals surface area contributed by atoms with E-state index in [1.54, 1.807) is 18.1 Å². The van der Waals surface area contributed by atoms with Crippen molar-refractivity contribution >= 4 is 42.7 Å². The molecule has 0 aliphatic heterocycles. The van der Waals surface area contributed by atoms with E-state index in [4.69, 9.17) is 9.47 Å². The molecule has 0 unspecified atom stereocenters. The molecule has 8 nitrogen and oxygen atoms in total. The Morgan fingerprint density at radius 2 is 1.92 bits per heavy atom. The number of amides is 2. The summed E-state index contributed by atoms with van der Waals surface area (Å²) in [5.74, 6) is 0.317. The number of nitrogens with one attached hydrogen (secondary N) is 1. The van der Waals surface area contributed by atoms with Crippen molar-refractivity contribution in [3.8, 4) is 5.75 Å². The number of hydrogen-bond donors (Lipinski definition) is 3. The van der Waals surface area contributed by atoms with Gasteiger partial charge in [0.05, 0.1) is 16.2 Å². The van der Waals surface area contributed by atoms with Crippen LogP contribution in [0.3, 0.4) is 0 Å². The fourth-order valence-corrected chi connectivity index (χ4v) is 5.78. The van der Waals surface area contributed by atoms with Crippen molar-refractivity contribution in [2.24, 2.45) is 0 Å². The fraction of sp³-hybridized carbons (Fsp3) is 0.655. The highest BCUT2D eigenvalue weighted by molar-refractivity contribution is 14.1. The van der Waals surface area contributed by atoms with Crippen LogP contribution in [0.2, 0.25) is 18.1 Å². The van der Waals surface area contributed by atoms with Crippen molar-refractivity contribution < 1.29 is 29.0 Å². The number of nitrogens with zero attached hydrogens (tertiary/aromatic N) is 1. The Hall–Kier alpha value is -1.47. The van der Waals surface area contributed by atoms with Crippen molar-refractivity contribution in [1.29, 1.82) is 0 Å². The van der Waals surface area contributed by atoms with Gasteiger partial charge in [-0.3, -0.25) is 9.59 Å². The summed E-state index contributed by atoms with van der Waals surface area (Å²) in [5.41, 5.74) is 0.489. The molecule has 1 aromatic rings. The summed E-state index contributed by atoms with van der Waals surface area (Å²) >= 11 is 2.18. The van der Waals surface area contributed by atoms with Crippen LogP contribution < -0.4 is 10.1 Å². The second kappa shape index (κ2) is 15.5. The van der Waals surface area contributed by atoms with Gasteiger partial charge in [-0.1, -0.05) is 39.3 Å². The van der Waals surface area contributed by atoms with Crippen molar-refractivity contribution in [2.75, 3.05) is 26.8 Å². The van der Waals surface area contributed by atoms with Gasteiger partial charge in [0.1, 0.15) is 18.0 Å². The smallest absolute Gasteiger partial charge is 0.247 e. The highest BCUT2D eigenvalue weighted by Gasteiger charge is 2.41. The largest absolute Gasteiger partial charge is 0.482 e. The first-order chi connectivity index (χ1) is 18.3. The van der Waals surface area contributed by atoms with Gasteiger partial charge >= 0.3 is 0 Å². The lowest BCUT2D eigenvalue weighted by molar-refractivity contribution is -0.139. The number of benzene rings is 1. The third-order valence-electron chi connectivity index (χ3n) is 7.84. The second-order valence-electron chi connectivity index (χ2n) is 11.5.